The molecule has 0 spiro atoms. The van der Waals surface area contributed by atoms with Gasteiger partial charge in [-0.2, -0.15) is 0 Å². The molecular formula is C29H24N6O3S. The van der Waals surface area contributed by atoms with Crippen LogP contribution in [-0.2, 0) is 9.84 Å². The van der Waals surface area contributed by atoms with Crippen molar-refractivity contribution in [1.82, 2.24) is 14.5 Å². The lowest BCUT2D eigenvalue weighted by atomic mass is 9.98. The first kappa shape index (κ1) is 25.6. The Kier molecular flexibility index (Phi) is 6.60. The van der Waals surface area contributed by atoms with Gasteiger partial charge in [-0.15, -0.1) is 0 Å². The number of hydrogen-bond acceptors (Lipinski definition) is 7. The standard InChI is InChI=1S/C29H24N6O3S/c1-18(33-27-24(31-2)17-32-29(30)34-27)25-16-20-8-7-11-23(19-12-14-22(15-13-19)39(3,37)38)26(20)28(36)35(25)21-9-5-4-6-10-21/h4-18H,1,3H3,(H3,30,32,33,34)/t18-/m0/s1. The zero-order valence-corrected chi connectivity index (χ0v) is 22.0. The van der Waals surface area contributed by atoms with Crippen molar-refractivity contribution in [2.24, 2.45) is 0 Å². The molecule has 0 aliphatic heterocycles. The van der Waals surface area contributed by atoms with E-state index in [1.165, 1.54) is 6.20 Å². The summed E-state index contributed by atoms with van der Waals surface area (Å²) in [5, 5.41) is 4.44. The molecule has 5 rings (SSSR count). The molecule has 5 aromatic rings. The predicted molar refractivity (Wildman–Crippen MR) is 153 cm³/mol. The number of nitrogens with two attached hydrogens (primary N) is 1. The lowest BCUT2D eigenvalue weighted by Crippen LogP contribution is -2.26. The third kappa shape index (κ3) is 4.95. The Balaban J connectivity index is 1.72. The van der Waals surface area contributed by atoms with Crippen LogP contribution in [0.5, 0.6) is 0 Å². The zero-order valence-electron chi connectivity index (χ0n) is 21.2. The zero-order chi connectivity index (χ0) is 27.7. The van der Waals surface area contributed by atoms with E-state index in [4.69, 9.17) is 12.3 Å². The Morgan fingerprint density at radius 2 is 1.74 bits per heavy atom. The number of para-hydroxylation sites is 1. The van der Waals surface area contributed by atoms with E-state index in [0.717, 1.165) is 11.8 Å². The number of nitrogen functional groups attached to an aromatic ring is 1. The van der Waals surface area contributed by atoms with Crippen LogP contribution < -0.4 is 16.6 Å². The highest BCUT2D eigenvalue weighted by Crippen LogP contribution is 2.32. The minimum atomic E-state index is -3.35. The Morgan fingerprint density at radius 1 is 1.03 bits per heavy atom. The van der Waals surface area contributed by atoms with Crippen LogP contribution in [0.1, 0.15) is 18.7 Å². The van der Waals surface area contributed by atoms with Crippen LogP contribution >= 0.6 is 0 Å². The highest BCUT2D eigenvalue weighted by atomic mass is 32.2. The first-order chi connectivity index (χ1) is 18.7. The molecule has 0 fully saturated rings. The van der Waals surface area contributed by atoms with Gasteiger partial charge in [0.05, 0.1) is 22.9 Å². The highest BCUT2D eigenvalue weighted by molar-refractivity contribution is 7.90. The largest absolute Gasteiger partial charge is 0.371 e. The molecule has 10 heteroatoms. The Hall–Kier alpha value is -5.01. The summed E-state index contributed by atoms with van der Waals surface area (Å²) in [5.41, 5.74) is 8.47. The fourth-order valence-corrected chi connectivity index (χ4v) is 5.15. The van der Waals surface area contributed by atoms with Gasteiger partial charge in [-0.25, -0.2) is 23.2 Å². The molecule has 1 atom stereocenters. The Bertz CT molecular complexity index is 1910. The first-order valence-corrected chi connectivity index (χ1v) is 13.9. The summed E-state index contributed by atoms with van der Waals surface area (Å²) in [4.78, 5) is 26.0. The summed E-state index contributed by atoms with van der Waals surface area (Å²) < 4.78 is 25.5. The summed E-state index contributed by atoms with van der Waals surface area (Å²) in [6, 6.07) is 22.8. The van der Waals surface area contributed by atoms with Crippen molar-refractivity contribution in [2.45, 2.75) is 17.9 Å². The first-order valence-electron chi connectivity index (χ1n) is 12.0. The summed E-state index contributed by atoms with van der Waals surface area (Å²) in [5.74, 6) is 0.305. The molecule has 2 aromatic heterocycles. The van der Waals surface area contributed by atoms with Gasteiger partial charge < -0.3 is 11.1 Å². The molecule has 0 unspecified atom stereocenters. The maximum Gasteiger partial charge on any atom is 0.263 e. The molecule has 3 N–H and O–H groups in total. The van der Waals surface area contributed by atoms with Crippen LogP contribution in [0.4, 0.5) is 17.5 Å². The number of rotatable bonds is 6. The molecule has 9 nitrogen and oxygen atoms in total. The third-order valence-electron chi connectivity index (χ3n) is 6.39. The van der Waals surface area contributed by atoms with Crippen molar-refractivity contribution < 1.29 is 8.42 Å². The molecule has 0 aliphatic rings. The second-order valence-corrected chi connectivity index (χ2v) is 11.1. The molecule has 0 saturated carbocycles. The van der Waals surface area contributed by atoms with Gasteiger partial charge in [-0.3, -0.25) is 9.36 Å². The van der Waals surface area contributed by atoms with Gasteiger partial charge in [0, 0.05) is 23.8 Å². The lowest BCUT2D eigenvalue weighted by molar-refractivity contribution is 0.602. The number of aromatic nitrogens is 3. The third-order valence-corrected chi connectivity index (χ3v) is 7.52. The van der Waals surface area contributed by atoms with Crippen LogP contribution in [0, 0.1) is 6.57 Å². The van der Waals surface area contributed by atoms with E-state index in [0.29, 0.717) is 27.7 Å². The van der Waals surface area contributed by atoms with Gasteiger partial charge in [0.2, 0.25) is 11.6 Å². The van der Waals surface area contributed by atoms with Gasteiger partial charge in [0.1, 0.15) is 5.82 Å². The topological polar surface area (TPSA) is 124 Å². The number of nitrogens with zero attached hydrogens (tertiary/aromatic N) is 4. The van der Waals surface area contributed by atoms with Crippen LogP contribution in [0.15, 0.2) is 94.7 Å². The number of nitrogens with one attached hydrogen (secondary N) is 1. The second-order valence-electron chi connectivity index (χ2n) is 9.05. The van der Waals surface area contributed by atoms with Crippen molar-refractivity contribution in [3.05, 3.63) is 113 Å². The van der Waals surface area contributed by atoms with Gasteiger partial charge in [0.15, 0.2) is 9.84 Å². The van der Waals surface area contributed by atoms with Crippen LogP contribution in [-0.4, -0.2) is 29.2 Å². The number of fused-ring (bicyclic) bond motifs is 1. The monoisotopic (exact) mass is 536 g/mol. The summed E-state index contributed by atoms with van der Waals surface area (Å²) in [6.07, 6.45) is 2.52. The fraction of sp³-hybridized carbons (Fsp3) is 0.103. The number of pyridine rings is 1. The molecule has 0 radical (unpaired) electrons. The molecule has 39 heavy (non-hydrogen) atoms. The predicted octanol–water partition coefficient (Wildman–Crippen LogP) is 5.16. The maximum atomic E-state index is 14.2. The average Bonchev–Trinajstić information content (AvgIpc) is 2.93. The number of benzene rings is 3. The SMILES string of the molecule is [C-]#[N+]c1cnc(N)nc1N[C@@H](C)c1cc2cccc(-c3ccc(S(C)(=O)=O)cc3)c2c(=O)n1-c1ccccc1. The maximum absolute atomic E-state index is 14.2. The number of anilines is 2. The van der Waals surface area contributed by atoms with E-state index in [9.17, 15) is 13.2 Å². The smallest absolute Gasteiger partial charge is 0.263 e. The van der Waals surface area contributed by atoms with E-state index in [1.807, 2.05) is 61.5 Å². The quantitative estimate of drug-likeness (QED) is 0.287. The summed E-state index contributed by atoms with van der Waals surface area (Å²) in [6.45, 7) is 9.33. The van der Waals surface area contributed by atoms with Crippen molar-refractivity contribution in [3.8, 4) is 16.8 Å². The molecule has 0 bridgehead atoms. The Labute approximate surface area is 225 Å². The lowest BCUT2D eigenvalue weighted by Gasteiger charge is -2.22. The van der Waals surface area contributed by atoms with E-state index in [-0.39, 0.29) is 27.9 Å². The molecule has 2 heterocycles. The molecule has 0 saturated heterocycles. The second kappa shape index (κ2) is 10.0. The molecule has 0 aliphatic carbocycles. The summed E-state index contributed by atoms with van der Waals surface area (Å²) >= 11 is 0. The van der Waals surface area contributed by atoms with E-state index in [2.05, 4.69) is 20.1 Å². The normalized spacial score (nSPS) is 12.1. The number of sulfone groups is 1. The van der Waals surface area contributed by atoms with Crippen molar-refractivity contribution in [3.63, 3.8) is 0 Å². The average molecular weight is 537 g/mol. The van der Waals surface area contributed by atoms with E-state index >= 15 is 0 Å². The van der Waals surface area contributed by atoms with E-state index < -0.39 is 15.9 Å². The van der Waals surface area contributed by atoms with Crippen molar-refractivity contribution in [1.29, 1.82) is 0 Å². The molecule has 194 valence electrons. The van der Waals surface area contributed by atoms with Crippen molar-refractivity contribution in [2.75, 3.05) is 17.3 Å². The minimum absolute atomic E-state index is 0.0302. The van der Waals surface area contributed by atoms with Gasteiger partial charge >= 0.3 is 0 Å². The fourth-order valence-electron chi connectivity index (χ4n) is 4.52. The van der Waals surface area contributed by atoms with Gasteiger partial charge in [-0.05, 0) is 53.8 Å². The highest BCUT2D eigenvalue weighted by Gasteiger charge is 2.20. The van der Waals surface area contributed by atoms with Crippen molar-refractivity contribution >= 4 is 38.1 Å². The molecule has 3 aromatic carbocycles. The molecular weight excluding hydrogens is 512 g/mol. The van der Waals surface area contributed by atoms with Crippen LogP contribution in [0.2, 0.25) is 0 Å². The number of hydrogen-bond donors (Lipinski definition) is 2. The Morgan fingerprint density at radius 3 is 2.41 bits per heavy atom. The van der Waals surface area contributed by atoms with Gasteiger partial charge in [0.25, 0.3) is 5.56 Å². The van der Waals surface area contributed by atoms with Crippen LogP contribution in [0.3, 0.4) is 0 Å². The van der Waals surface area contributed by atoms with Gasteiger partial charge in [-0.1, -0.05) is 48.5 Å². The summed E-state index contributed by atoms with van der Waals surface area (Å²) in [7, 11) is -3.35. The van der Waals surface area contributed by atoms with E-state index in [1.54, 1.807) is 28.8 Å². The molecule has 0 amide bonds. The minimum Gasteiger partial charge on any atom is -0.371 e. The van der Waals surface area contributed by atoms with Crippen LogP contribution in [0.25, 0.3) is 32.4 Å².